The minimum atomic E-state index is -4.38. The SMILES string of the molecule is C=C/C=C(/C#N)C=C.C=C/C=C(\C=C)C(F)(F)F.C=C/C=C(\C=C)Oc1ccc(C(F)(F)F)cc1.C=C/C=C(\C=C)c1ccc(C(F)(F)F)cc1.CN=C(C#N)C(C#N)=NC.CN=CC(=NC)C(F)(F)F.CN=CC(=NC)c1ccc(C(F)(F)F)cc1. The number of benzene rings is 3. The van der Waals surface area contributed by atoms with Gasteiger partial charge >= 0.3 is 30.9 Å². The average molecular weight is 1230 g/mol. The molecule has 3 rings (SSSR count). The van der Waals surface area contributed by atoms with Crippen molar-refractivity contribution in [1.82, 2.24) is 0 Å². The molecule has 0 unspecified atom stereocenters. The zero-order valence-electron chi connectivity index (χ0n) is 47.8. The molecule has 0 fully saturated rings. The maximum Gasteiger partial charge on any atom is 0.434 e. The lowest BCUT2D eigenvalue weighted by molar-refractivity contribution is -0.138. The van der Waals surface area contributed by atoms with Crippen molar-refractivity contribution in [3.05, 3.63) is 243 Å². The quantitative estimate of drug-likeness (QED) is 0.0488. The van der Waals surface area contributed by atoms with Gasteiger partial charge in [-0.15, -0.1) is 0 Å². The van der Waals surface area contributed by atoms with Crippen LogP contribution in [-0.4, -0.2) is 89.9 Å². The molecule has 10 nitrogen and oxygen atoms in total. The third kappa shape index (κ3) is 36.9. The van der Waals surface area contributed by atoms with E-state index < -0.39 is 58.9 Å². The third-order valence-electron chi connectivity index (χ3n) is 9.12. The van der Waals surface area contributed by atoms with E-state index in [2.05, 4.69) is 82.6 Å². The second-order valence-electron chi connectivity index (χ2n) is 14.9. The second kappa shape index (κ2) is 44.3. The standard InChI is InChI=1S/C13H11F3O.C13H11F3.C11H11F3N2.C7H7F3.C7H7N.C6H6N4.C5H7F3N2/c1-3-5-11(4-2)17-12-8-6-10(7-9-12)13(14,15)16;1-3-5-10(4-2)11-6-8-12(9-7-11)13(14,15)16;1-15-7-10(16-2)8-3-5-9(6-4-8)11(12,13)14;1-3-5-6(4-2)7(8,9)10;1-3-5-7(4-2)6-8;1-9-5(3-7)6(4-8)10-2;1-9-3-4(10-2)5(6,7)8/h3-9H,1-2H2;3-9H,1-2H2;3-7H,1-2H3;3-5H,1-2H2;3-5H,1-2H2;1-2H3;3H,1-2H3/b11-5+;10-5+;;6-5+;7-5+;;. The molecule has 0 aromatic heterocycles. The number of alkyl halides is 15. The van der Waals surface area contributed by atoms with E-state index in [0.29, 0.717) is 40.1 Å². The van der Waals surface area contributed by atoms with E-state index in [1.165, 1.54) is 82.0 Å². The van der Waals surface area contributed by atoms with Crippen LogP contribution in [0.4, 0.5) is 65.9 Å². The molecule has 0 aliphatic heterocycles. The van der Waals surface area contributed by atoms with Crippen LogP contribution in [0.2, 0.25) is 0 Å². The fourth-order valence-electron chi connectivity index (χ4n) is 5.06. The molecule has 3 aromatic carbocycles. The Morgan fingerprint density at radius 3 is 1.06 bits per heavy atom. The highest BCUT2D eigenvalue weighted by molar-refractivity contribution is 6.53. The molecular weight excluding hydrogens is 1170 g/mol. The number of hydrogen-bond donors (Lipinski definition) is 0. The third-order valence-corrected chi connectivity index (χ3v) is 9.12. The number of allylic oxidation sites excluding steroid dienone is 15. The van der Waals surface area contributed by atoms with Crippen LogP contribution in [0.15, 0.2) is 245 Å². The van der Waals surface area contributed by atoms with Gasteiger partial charge in [0.25, 0.3) is 0 Å². The molecule has 0 heterocycles. The number of aliphatic imine (C=N–C) groups is 6. The Morgan fingerprint density at radius 1 is 0.425 bits per heavy atom. The van der Waals surface area contributed by atoms with Crippen molar-refractivity contribution in [2.24, 2.45) is 30.0 Å². The van der Waals surface area contributed by atoms with Gasteiger partial charge in [0, 0.05) is 54.1 Å². The second-order valence-corrected chi connectivity index (χ2v) is 14.9. The minimum absolute atomic E-state index is 0.0741. The van der Waals surface area contributed by atoms with Crippen molar-refractivity contribution in [3.8, 4) is 24.0 Å². The highest BCUT2D eigenvalue weighted by atomic mass is 19.4. The molecule has 0 saturated carbocycles. The summed E-state index contributed by atoms with van der Waals surface area (Å²) in [4.78, 5) is 21.0. The Balaban J connectivity index is -0.000000470. The first kappa shape index (κ1) is 83.2. The molecule has 0 amide bonds. The van der Waals surface area contributed by atoms with E-state index in [9.17, 15) is 65.9 Å². The Kier molecular flexibility index (Phi) is 42.4. The first-order chi connectivity index (χ1) is 40.6. The van der Waals surface area contributed by atoms with Gasteiger partial charge in [0.15, 0.2) is 17.1 Å². The normalized spacial score (nSPS) is 12.5. The van der Waals surface area contributed by atoms with Crippen LogP contribution >= 0.6 is 0 Å². The van der Waals surface area contributed by atoms with Crippen LogP contribution in [-0.2, 0) is 18.5 Å². The Bertz CT molecular complexity index is 3110. The number of hydrogen-bond acceptors (Lipinski definition) is 10. The molecule has 0 atom stereocenters. The van der Waals surface area contributed by atoms with Crippen LogP contribution in [0.5, 0.6) is 5.75 Å². The van der Waals surface area contributed by atoms with Crippen molar-refractivity contribution in [1.29, 1.82) is 15.8 Å². The summed E-state index contributed by atoms with van der Waals surface area (Å²) >= 11 is 0. The van der Waals surface area contributed by atoms with Gasteiger partial charge in [-0.3, -0.25) is 30.0 Å². The maximum absolute atomic E-state index is 12.3. The zero-order chi connectivity index (χ0) is 68.0. The van der Waals surface area contributed by atoms with Crippen LogP contribution in [0.25, 0.3) is 5.57 Å². The zero-order valence-corrected chi connectivity index (χ0v) is 47.8. The topological polar surface area (TPSA) is 155 Å². The first-order valence-electron chi connectivity index (χ1n) is 23.7. The average Bonchev–Trinajstić information content (AvgIpc) is 3.58. The Labute approximate surface area is 496 Å². The number of nitriles is 3. The summed E-state index contributed by atoms with van der Waals surface area (Å²) in [7, 11) is 8.37. The van der Waals surface area contributed by atoms with E-state index in [1.807, 2.05) is 6.07 Å². The molecule has 0 aliphatic rings. The van der Waals surface area contributed by atoms with Gasteiger partial charge in [0.1, 0.15) is 23.6 Å². The molecule has 0 N–H and O–H groups in total. The van der Waals surface area contributed by atoms with Gasteiger partial charge in [-0.25, -0.2) is 0 Å². The molecule has 464 valence electrons. The van der Waals surface area contributed by atoms with E-state index >= 15 is 0 Å². The number of nitrogens with zero attached hydrogens (tertiary/aromatic N) is 9. The summed E-state index contributed by atoms with van der Waals surface area (Å²) in [6, 6.07) is 19.6. The lowest BCUT2D eigenvalue weighted by Gasteiger charge is -2.09. The van der Waals surface area contributed by atoms with Crippen LogP contribution in [0.3, 0.4) is 0 Å². The van der Waals surface area contributed by atoms with Crippen molar-refractivity contribution in [2.75, 3.05) is 42.3 Å². The lowest BCUT2D eigenvalue weighted by atomic mass is 10.0. The minimum Gasteiger partial charge on any atom is -0.457 e. The predicted molar refractivity (Wildman–Crippen MR) is 319 cm³/mol. The van der Waals surface area contributed by atoms with Crippen molar-refractivity contribution in [2.45, 2.75) is 30.9 Å². The van der Waals surface area contributed by atoms with Gasteiger partial charge in [0.05, 0.1) is 45.8 Å². The number of ether oxygens (including phenoxy) is 1. The number of rotatable bonds is 15. The fourth-order valence-corrected chi connectivity index (χ4v) is 5.06. The molecular formula is C62H60F15N9O. The molecule has 0 aliphatic carbocycles. The maximum atomic E-state index is 12.3. The van der Waals surface area contributed by atoms with Gasteiger partial charge in [-0.05, 0) is 77.9 Å². The Hall–Kier alpha value is -10.2. The largest absolute Gasteiger partial charge is 0.457 e. The molecule has 25 heteroatoms. The molecule has 0 radical (unpaired) electrons. The van der Waals surface area contributed by atoms with Gasteiger partial charge in [-0.1, -0.05) is 132 Å². The number of halogens is 15. The van der Waals surface area contributed by atoms with E-state index in [-0.39, 0.29) is 11.4 Å². The van der Waals surface area contributed by atoms with E-state index in [0.717, 1.165) is 67.2 Å². The summed E-state index contributed by atoms with van der Waals surface area (Å²) < 4.78 is 186. The van der Waals surface area contributed by atoms with Crippen molar-refractivity contribution >= 4 is 40.8 Å². The van der Waals surface area contributed by atoms with E-state index in [1.54, 1.807) is 62.7 Å². The first-order valence-corrected chi connectivity index (χ1v) is 23.7. The van der Waals surface area contributed by atoms with Gasteiger partial charge in [-0.2, -0.15) is 81.6 Å². The fraction of sp³-hybridized carbons (Fsp3) is 0.177. The molecule has 87 heavy (non-hydrogen) atoms. The van der Waals surface area contributed by atoms with Crippen LogP contribution in [0.1, 0.15) is 27.8 Å². The van der Waals surface area contributed by atoms with Crippen LogP contribution < -0.4 is 4.74 Å². The van der Waals surface area contributed by atoms with E-state index in [4.69, 9.17) is 20.5 Å². The summed E-state index contributed by atoms with van der Waals surface area (Å²) in [5.74, 6) is 0.728. The summed E-state index contributed by atoms with van der Waals surface area (Å²) in [6.45, 7) is 27.1. The van der Waals surface area contributed by atoms with Gasteiger partial charge < -0.3 is 4.74 Å². The van der Waals surface area contributed by atoms with Crippen molar-refractivity contribution in [3.63, 3.8) is 0 Å². The van der Waals surface area contributed by atoms with Gasteiger partial charge in [0.2, 0.25) is 0 Å². The smallest absolute Gasteiger partial charge is 0.434 e. The highest BCUT2D eigenvalue weighted by Crippen LogP contribution is 2.32. The Morgan fingerprint density at radius 2 is 0.828 bits per heavy atom. The molecule has 0 spiro atoms. The molecule has 3 aromatic rings. The summed E-state index contributed by atoms with van der Waals surface area (Å²) in [5.41, 5.74) is -0.493. The summed E-state index contributed by atoms with van der Waals surface area (Å²) in [5, 5.41) is 24.9. The lowest BCUT2D eigenvalue weighted by Crippen LogP contribution is -2.23. The summed E-state index contributed by atoms with van der Waals surface area (Å²) in [6.07, 6.45) is -2.77. The highest BCUT2D eigenvalue weighted by Gasteiger charge is 2.34. The molecule has 0 saturated heterocycles. The molecule has 0 bridgehead atoms. The monoisotopic (exact) mass is 1230 g/mol. The van der Waals surface area contributed by atoms with Crippen molar-refractivity contribution < 1.29 is 70.6 Å². The predicted octanol–water partition coefficient (Wildman–Crippen LogP) is 17.8. The van der Waals surface area contributed by atoms with Crippen LogP contribution in [0, 0.1) is 34.0 Å².